The molecule has 3 aliphatic rings. The van der Waals surface area contributed by atoms with Crippen LogP contribution in [0.4, 0.5) is 17.6 Å². The molecule has 37 heavy (non-hydrogen) atoms. The normalized spacial score (nSPS) is 23.9. The summed E-state index contributed by atoms with van der Waals surface area (Å²) in [7, 11) is 0.464. The average Bonchev–Trinajstić information content (AvgIpc) is 3.67. The summed E-state index contributed by atoms with van der Waals surface area (Å²) in [4.78, 5) is 1.56. The van der Waals surface area contributed by atoms with E-state index >= 15 is 0 Å². The number of ether oxygens (including phenoxy) is 1. The molecule has 3 unspecified atom stereocenters. The van der Waals surface area contributed by atoms with Crippen molar-refractivity contribution in [3.63, 3.8) is 0 Å². The molecule has 2 saturated carbocycles. The molecule has 3 atom stereocenters. The van der Waals surface area contributed by atoms with Gasteiger partial charge in [-0.05, 0) is 68.6 Å². The van der Waals surface area contributed by atoms with Gasteiger partial charge >= 0.3 is 11.2 Å². The van der Waals surface area contributed by atoms with Gasteiger partial charge in [-0.1, -0.05) is 38.0 Å². The van der Waals surface area contributed by atoms with E-state index in [-0.39, 0.29) is 18.3 Å². The number of unbranched alkanes of at least 4 members (excludes halogenated alkanes) is 1. The quantitative estimate of drug-likeness (QED) is 0.0759. The number of hydrogen-bond donors (Lipinski definition) is 0. The SMILES string of the molecule is CCCCOc1ccc([S+]2CCCC2)c2ccccc12.[O-]OOSC(F)(F)C(F)(F)C1CC2CCC1C2. The number of halogens is 4. The zero-order valence-corrected chi connectivity index (χ0v) is 22.6. The van der Waals surface area contributed by atoms with Crippen LogP contribution in [0.3, 0.4) is 0 Å². The van der Waals surface area contributed by atoms with Crippen LogP contribution in [0, 0.1) is 17.8 Å². The van der Waals surface area contributed by atoms with Crippen LogP contribution in [0.5, 0.6) is 5.75 Å². The van der Waals surface area contributed by atoms with E-state index in [2.05, 4.69) is 52.7 Å². The van der Waals surface area contributed by atoms with Gasteiger partial charge in [0, 0.05) is 27.6 Å². The Morgan fingerprint density at radius 1 is 1.00 bits per heavy atom. The van der Waals surface area contributed by atoms with Gasteiger partial charge < -0.3 is 9.99 Å². The molecule has 1 saturated heterocycles. The fourth-order valence-corrected chi connectivity index (χ4v) is 8.71. The lowest BCUT2D eigenvalue weighted by Crippen LogP contribution is -2.46. The highest BCUT2D eigenvalue weighted by Gasteiger charge is 2.66. The minimum absolute atomic E-state index is 0.117. The molecule has 0 radical (unpaired) electrons. The minimum atomic E-state index is -4.45. The lowest BCUT2D eigenvalue weighted by Gasteiger charge is -2.34. The topological polar surface area (TPSA) is 50.8 Å². The third-order valence-electron chi connectivity index (χ3n) is 7.70. The van der Waals surface area contributed by atoms with Crippen molar-refractivity contribution in [3.05, 3.63) is 36.4 Å². The molecule has 0 spiro atoms. The lowest BCUT2D eigenvalue weighted by atomic mass is 9.84. The first kappa shape index (κ1) is 28.8. The van der Waals surface area contributed by atoms with Gasteiger partial charge in [-0.3, -0.25) is 5.04 Å². The zero-order chi connectivity index (χ0) is 26.5. The van der Waals surface area contributed by atoms with Crippen LogP contribution in [0.15, 0.2) is 41.3 Å². The van der Waals surface area contributed by atoms with Gasteiger partial charge in [0.1, 0.15) is 29.3 Å². The predicted octanol–water partition coefficient (Wildman–Crippen LogP) is 7.31. The summed E-state index contributed by atoms with van der Waals surface area (Å²) in [5, 5.41) is 10.4. The van der Waals surface area contributed by atoms with Crippen LogP contribution in [0.25, 0.3) is 10.8 Å². The molecule has 2 bridgehead atoms. The second-order valence-electron chi connectivity index (χ2n) is 10.1. The van der Waals surface area contributed by atoms with Gasteiger partial charge in [-0.2, -0.15) is 21.9 Å². The number of rotatable bonds is 10. The van der Waals surface area contributed by atoms with Crippen LogP contribution in [0.2, 0.25) is 0 Å². The van der Waals surface area contributed by atoms with Gasteiger partial charge in [0.25, 0.3) is 0 Å². The summed E-state index contributed by atoms with van der Waals surface area (Å²) >= 11 is -0.918. The summed E-state index contributed by atoms with van der Waals surface area (Å²) < 4.78 is 63.2. The van der Waals surface area contributed by atoms with Crippen molar-refractivity contribution in [2.75, 3.05) is 18.1 Å². The second kappa shape index (κ2) is 12.8. The summed E-state index contributed by atoms with van der Waals surface area (Å²) in [6.07, 6.45) is 7.23. The second-order valence-corrected chi connectivity index (χ2v) is 13.1. The standard InChI is InChI=1S/C18H23OS.C9H12F4O3S/c1-2-3-12-19-17-10-11-18(20-13-6-7-14-20)16-9-5-4-8-15(16)17;10-8(11,9(12,13)17-16-15-14)7-4-5-1-2-6(7)3-5/h4-5,8-11H,2-3,6-7,12-14H2,1H3;5-7,14H,1-4H2/q+1;/p-1. The molecule has 4 nitrogen and oxygen atoms in total. The third-order valence-corrected chi connectivity index (χ3v) is 10.8. The Labute approximate surface area is 222 Å². The Hall–Kier alpha value is -1.20. The van der Waals surface area contributed by atoms with E-state index in [1.165, 1.54) is 41.5 Å². The van der Waals surface area contributed by atoms with Crippen molar-refractivity contribution in [2.24, 2.45) is 17.8 Å². The average molecular weight is 563 g/mol. The maximum atomic E-state index is 13.7. The van der Waals surface area contributed by atoms with E-state index < -0.39 is 29.1 Å². The Morgan fingerprint density at radius 3 is 2.35 bits per heavy atom. The van der Waals surface area contributed by atoms with Crippen molar-refractivity contribution < 1.29 is 36.9 Å². The Balaban J connectivity index is 0.000000176. The predicted molar refractivity (Wildman–Crippen MR) is 138 cm³/mol. The molecule has 0 amide bonds. The van der Waals surface area contributed by atoms with E-state index in [1.807, 2.05) is 0 Å². The van der Waals surface area contributed by atoms with Gasteiger partial charge in [0.15, 0.2) is 4.90 Å². The first-order valence-corrected chi connectivity index (χ1v) is 15.3. The van der Waals surface area contributed by atoms with Gasteiger partial charge in [0.05, 0.1) is 6.61 Å². The Kier molecular flexibility index (Phi) is 9.94. The zero-order valence-electron chi connectivity index (χ0n) is 20.9. The molecule has 0 aromatic heterocycles. The van der Waals surface area contributed by atoms with Crippen LogP contribution in [-0.2, 0) is 20.3 Å². The third kappa shape index (κ3) is 6.52. The number of benzene rings is 2. The summed E-state index contributed by atoms with van der Waals surface area (Å²) in [5.41, 5.74) is 0. The first-order valence-electron chi connectivity index (χ1n) is 13.0. The molecular weight excluding hydrogens is 528 g/mol. The molecule has 2 aromatic carbocycles. The first-order chi connectivity index (χ1) is 17.8. The molecule has 3 fully saturated rings. The highest BCUT2D eigenvalue weighted by Crippen LogP contribution is 2.59. The Bertz CT molecular complexity index is 1020. The number of fused-ring (bicyclic) bond motifs is 3. The lowest BCUT2D eigenvalue weighted by molar-refractivity contribution is -0.777. The number of hydrogen-bond acceptors (Lipinski definition) is 5. The fraction of sp³-hybridized carbons (Fsp3) is 0.630. The van der Waals surface area contributed by atoms with Crippen molar-refractivity contribution in [1.29, 1.82) is 0 Å². The number of alkyl halides is 4. The summed E-state index contributed by atoms with van der Waals surface area (Å²) in [6.45, 7) is 3.03. The minimum Gasteiger partial charge on any atom is -0.691 e. The molecule has 1 aliphatic heterocycles. The Morgan fingerprint density at radius 2 is 1.73 bits per heavy atom. The summed E-state index contributed by atoms with van der Waals surface area (Å²) in [6, 6.07) is 13.3. The van der Waals surface area contributed by atoms with Crippen LogP contribution in [0.1, 0.15) is 58.3 Å². The molecule has 2 aliphatic carbocycles. The van der Waals surface area contributed by atoms with Crippen LogP contribution >= 0.6 is 12.0 Å². The van der Waals surface area contributed by atoms with E-state index in [0.29, 0.717) is 23.7 Å². The fourth-order valence-electron chi connectivity index (χ4n) is 5.84. The molecule has 2 aromatic rings. The maximum Gasteiger partial charge on any atom is 0.383 e. The molecular formula is C27H34F4O4S2. The molecule has 5 rings (SSSR count). The van der Waals surface area contributed by atoms with E-state index in [1.54, 1.807) is 4.90 Å². The maximum absolute atomic E-state index is 13.7. The largest absolute Gasteiger partial charge is 0.691 e. The van der Waals surface area contributed by atoms with Crippen molar-refractivity contribution >= 4 is 33.7 Å². The highest BCUT2D eigenvalue weighted by molar-refractivity contribution is 7.97. The summed E-state index contributed by atoms with van der Waals surface area (Å²) in [5.74, 6) is -1.93. The van der Waals surface area contributed by atoms with Gasteiger partial charge in [0.2, 0.25) is 0 Å². The van der Waals surface area contributed by atoms with Crippen molar-refractivity contribution in [3.8, 4) is 5.75 Å². The molecule has 10 heteroatoms. The van der Waals surface area contributed by atoms with Crippen molar-refractivity contribution in [2.45, 2.75) is 74.4 Å². The van der Waals surface area contributed by atoms with Crippen LogP contribution in [-0.4, -0.2) is 29.3 Å². The molecule has 1 heterocycles. The molecule has 0 N–H and O–H groups in total. The van der Waals surface area contributed by atoms with Crippen LogP contribution < -0.4 is 9.99 Å². The van der Waals surface area contributed by atoms with E-state index in [9.17, 15) is 22.8 Å². The van der Waals surface area contributed by atoms with Gasteiger partial charge in [-0.15, -0.1) is 0 Å². The smallest absolute Gasteiger partial charge is 0.383 e. The molecule has 206 valence electrons. The van der Waals surface area contributed by atoms with Gasteiger partial charge in [-0.25, -0.2) is 0 Å². The van der Waals surface area contributed by atoms with E-state index in [0.717, 1.165) is 25.2 Å². The monoisotopic (exact) mass is 562 g/mol. The van der Waals surface area contributed by atoms with E-state index in [4.69, 9.17) is 4.74 Å². The highest BCUT2D eigenvalue weighted by atomic mass is 32.2. The van der Waals surface area contributed by atoms with Crippen molar-refractivity contribution in [1.82, 2.24) is 0 Å².